The first-order valence-electron chi connectivity index (χ1n) is 9.39. The third-order valence-corrected chi connectivity index (χ3v) is 4.76. The summed E-state index contributed by atoms with van der Waals surface area (Å²) >= 11 is 0. The molecule has 0 radical (unpaired) electrons. The van der Waals surface area contributed by atoms with Gasteiger partial charge in [-0.1, -0.05) is 18.2 Å². The Hall–Kier alpha value is -3.74. The first-order valence-corrected chi connectivity index (χ1v) is 9.39. The first kappa shape index (κ1) is 21.0. The van der Waals surface area contributed by atoms with Gasteiger partial charge < -0.3 is 24.5 Å². The van der Waals surface area contributed by atoms with Crippen LogP contribution in [0, 0.1) is 0 Å². The summed E-state index contributed by atoms with van der Waals surface area (Å²) in [5.41, 5.74) is 2.59. The molecule has 156 valence electrons. The number of H-pyrrole nitrogens is 1. The zero-order valence-corrected chi connectivity index (χ0v) is 17.1. The lowest BCUT2D eigenvalue weighted by Gasteiger charge is -2.15. The molecule has 0 saturated heterocycles. The van der Waals surface area contributed by atoms with E-state index >= 15 is 0 Å². The van der Waals surface area contributed by atoms with Crippen molar-refractivity contribution in [1.82, 2.24) is 10.3 Å². The predicted molar refractivity (Wildman–Crippen MR) is 115 cm³/mol. The normalized spacial score (nSPS) is 12.0. The number of amides is 1. The number of carbonyl (C=O) groups excluding carboxylic acids is 2. The minimum atomic E-state index is -0.816. The van der Waals surface area contributed by atoms with E-state index in [-0.39, 0.29) is 0 Å². The number of ether oxygens (including phenoxy) is 3. The topological polar surface area (TPSA) is 89.7 Å². The van der Waals surface area contributed by atoms with Gasteiger partial charge in [0.1, 0.15) is 17.5 Å². The van der Waals surface area contributed by atoms with Gasteiger partial charge in [0.25, 0.3) is 0 Å². The Bertz CT molecular complexity index is 1070. The fraction of sp³-hybridized carbons (Fsp3) is 0.217. The molecular weight excluding hydrogens is 384 g/mol. The van der Waals surface area contributed by atoms with Crippen LogP contribution in [0.5, 0.6) is 11.5 Å². The van der Waals surface area contributed by atoms with Crippen molar-refractivity contribution >= 4 is 28.9 Å². The molecule has 0 spiro atoms. The number of hydrogen-bond donors (Lipinski definition) is 2. The zero-order chi connectivity index (χ0) is 21.5. The van der Waals surface area contributed by atoms with E-state index in [2.05, 4.69) is 10.3 Å². The lowest BCUT2D eigenvalue weighted by molar-refractivity contribution is -0.144. The fourth-order valence-electron chi connectivity index (χ4n) is 3.20. The number of benzene rings is 2. The molecule has 1 aromatic heterocycles. The summed E-state index contributed by atoms with van der Waals surface area (Å²) in [5.74, 6) is 0.298. The van der Waals surface area contributed by atoms with E-state index in [1.807, 2.05) is 30.5 Å². The second-order valence-corrected chi connectivity index (χ2v) is 6.59. The molecular formula is C23H24N2O5. The van der Waals surface area contributed by atoms with E-state index < -0.39 is 17.9 Å². The van der Waals surface area contributed by atoms with Gasteiger partial charge in [0.15, 0.2) is 0 Å². The van der Waals surface area contributed by atoms with Crippen molar-refractivity contribution in [3.63, 3.8) is 0 Å². The Kier molecular flexibility index (Phi) is 6.75. The van der Waals surface area contributed by atoms with Gasteiger partial charge in [0, 0.05) is 41.2 Å². The van der Waals surface area contributed by atoms with Crippen molar-refractivity contribution in [3.8, 4) is 11.5 Å². The number of esters is 1. The summed E-state index contributed by atoms with van der Waals surface area (Å²) in [6, 6.07) is 12.2. The maximum absolute atomic E-state index is 12.5. The predicted octanol–water partition coefficient (Wildman–Crippen LogP) is 3.10. The van der Waals surface area contributed by atoms with E-state index in [1.165, 1.54) is 13.2 Å². The summed E-state index contributed by atoms with van der Waals surface area (Å²) in [4.78, 5) is 27.9. The molecule has 2 N–H and O–H groups in total. The number of carbonyl (C=O) groups is 2. The minimum absolute atomic E-state index is 0.308. The quantitative estimate of drug-likeness (QED) is 0.442. The number of methoxy groups -OCH3 is 3. The fourth-order valence-corrected chi connectivity index (χ4v) is 3.20. The average Bonchev–Trinajstić information content (AvgIpc) is 3.19. The minimum Gasteiger partial charge on any atom is -0.497 e. The van der Waals surface area contributed by atoms with Crippen LogP contribution < -0.4 is 14.8 Å². The molecule has 1 heterocycles. The number of aromatic nitrogens is 1. The van der Waals surface area contributed by atoms with Gasteiger partial charge in [-0.2, -0.15) is 0 Å². The van der Waals surface area contributed by atoms with E-state index in [0.717, 1.165) is 16.5 Å². The Labute approximate surface area is 174 Å². The van der Waals surface area contributed by atoms with Crippen molar-refractivity contribution in [3.05, 3.63) is 65.9 Å². The van der Waals surface area contributed by atoms with Crippen LogP contribution in [0.25, 0.3) is 17.0 Å². The Morgan fingerprint density at radius 2 is 1.90 bits per heavy atom. The standard InChI is InChI=1S/C23H24N2O5/c1-28-17-10-8-15(21(13-17)29-2)9-11-22(26)25-20(23(27)30-3)12-16-14-24-19-7-5-4-6-18(16)19/h4-11,13-14,20,24H,12H2,1-3H3,(H,25,26)/b11-9+/t20-/m1/s1. The van der Waals surface area contributed by atoms with Crippen molar-refractivity contribution in [2.45, 2.75) is 12.5 Å². The summed E-state index contributed by atoms with van der Waals surface area (Å²) in [6.07, 6.45) is 5.12. The molecule has 3 aromatic rings. The Morgan fingerprint density at radius 1 is 1.10 bits per heavy atom. The van der Waals surface area contributed by atoms with Gasteiger partial charge in [-0.05, 0) is 29.8 Å². The van der Waals surface area contributed by atoms with Gasteiger partial charge in [-0.25, -0.2) is 4.79 Å². The molecule has 1 amide bonds. The summed E-state index contributed by atoms with van der Waals surface area (Å²) < 4.78 is 15.4. The highest BCUT2D eigenvalue weighted by Gasteiger charge is 2.22. The van der Waals surface area contributed by atoms with Crippen LogP contribution in [0.3, 0.4) is 0 Å². The highest BCUT2D eigenvalue weighted by Crippen LogP contribution is 2.25. The third-order valence-electron chi connectivity index (χ3n) is 4.76. The molecule has 7 heteroatoms. The number of para-hydroxylation sites is 1. The number of aromatic amines is 1. The molecule has 0 bridgehead atoms. The maximum atomic E-state index is 12.5. The average molecular weight is 408 g/mol. The first-order chi connectivity index (χ1) is 14.5. The van der Waals surface area contributed by atoms with Crippen LogP contribution in [0.15, 0.2) is 54.7 Å². The molecule has 2 aromatic carbocycles. The second-order valence-electron chi connectivity index (χ2n) is 6.59. The summed E-state index contributed by atoms with van der Waals surface area (Å²) in [6.45, 7) is 0. The van der Waals surface area contributed by atoms with E-state index in [4.69, 9.17) is 14.2 Å². The van der Waals surface area contributed by atoms with Crippen molar-refractivity contribution in [1.29, 1.82) is 0 Å². The van der Waals surface area contributed by atoms with E-state index in [1.54, 1.807) is 38.5 Å². The van der Waals surface area contributed by atoms with Gasteiger partial charge in [-0.15, -0.1) is 0 Å². The summed E-state index contributed by atoms with van der Waals surface area (Å²) in [5, 5.41) is 3.72. The van der Waals surface area contributed by atoms with Crippen LogP contribution in [0.4, 0.5) is 0 Å². The van der Waals surface area contributed by atoms with Crippen LogP contribution in [-0.2, 0) is 20.7 Å². The van der Waals surface area contributed by atoms with Crippen molar-refractivity contribution in [2.75, 3.05) is 21.3 Å². The van der Waals surface area contributed by atoms with Crippen LogP contribution in [0.2, 0.25) is 0 Å². The van der Waals surface area contributed by atoms with E-state index in [9.17, 15) is 9.59 Å². The molecule has 3 rings (SSSR count). The molecule has 7 nitrogen and oxygen atoms in total. The van der Waals surface area contributed by atoms with Crippen molar-refractivity contribution < 1.29 is 23.8 Å². The SMILES string of the molecule is COC(=O)[C@@H](Cc1c[nH]c2ccccc12)NC(=O)/C=C/c1ccc(OC)cc1OC. The van der Waals surface area contributed by atoms with E-state index in [0.29, 0.717) is 23.5 Å². The molecule has 0 saturated carbocycles. The highest BCUT2D eigenvalue weighted by atomic mass is 16.5. The number of fused-ring (bicyclic) bond motifs is 1. The number of hydrogen-bond acceptors (Lipinski definition) is 5. The lowest BCUT2D eigenvalue weighted by atomic mass is 10.0. The Morgan fingerprint density at radius 3 is 2.63 bits per heavy atom. The van der Waals surface area contributed by atoms with Crippen LogP contribution >= 0.6 is 0 Å². The molecule has 0 aliphatic heterocycles. The van der Waals surface area contributed by atoms with Gasteiger partial charge in [0.2, 0.25) is 5.91 Å². The van der Waals surface area contributed by atoms with Gasteiger partial charge in [0.05, 0.1) is 21.3 Å². The lowest BCUT2D eigenvalue weighted by Crippen LogP contribution is -2.42. The number of nitrogens with one attached hydrogen (secondary N) is 2. The Balaban J connectivity index is 1.74. The van der Waals surface area contributed by atoms with Gasteiger partial charge in [-0.3, -0.25) is 4.79 Å². The summed E-state index contributed by atoms with van der Waals surface area (Å²) in [7, 11) is 4.41. The van der Waals surface area contributed by atoms with Crippen LogP contribution in [0.1, 0.15) is 11.1 Å². The molecule has 1 atom stereocenters. The monoisotopic (exact) mass is 408 g/mol. The molecule has 30 heavy (non-hydrogen) atoms. The molecule has 0 fully saturated rings. The van der Waals surface area contributed by atoms with Crippen molar-refractivity contribution in [2.24, 2.45) is 0 Å². The zero-order valence-electron chi connectivity index (χ0n) is 17.1. The molecule has 0 unspecified atom stereocenters. The largest absolute Gasteiger partial charge is 0.497 e. The molecule has 0 aliphatic carbocycles. The van der Waals surface area contributed by atoms with Gasteiger partial charge >= 0.3 is 5.97 Å². The third kappa shape index (κ3) is 4.81. The number of rotatable bonds is 8. The highest BCUT2D eigenvalue weighted by molar-refractivity contribution is 5.95. The smallest absolute Gasteiger partial charge is 0.328 e. The van der Waals surface area contributed by atoms with Crippen LogP contribution in [-0.4, -0.2) is 44.2 Å². The second kappa shape index (κ2) is 9.65. The maximum Gasteiger partial charge on any atom is 0.328 e. The molecule has 0 aliphatic rings.